The third-order valence-corrected chi connectivity index (χ3v) is 4.17. The van der Waals surface area contributed by atoms with Crippen molar-refractivity contribution < 1.29 is 4.79 Å². The highest BCUT2D eigenvalue weighted by Gasteiger charge is 2.25. The maximum absolute atomic E-state index is 12.3. The fourth-order valence-corrected chi connectivity index (χ4v) is 3.06. The van der Waals surface area contributed by atoms with E-state index in [1.807, 2.05) is 30.3 Å². The number of anilines is 1. The lowest BCUT2D eigenvalue weighted by atomic mass is 10.00. The summed E-state index contributed by atoms with van der Waals surface area (Å²) in [5.41, 5.74) is 2.42. The van der Waals surface area contributed by atoms with Gasteiger partial charge >= 0.3 is 0 Å². The fraction of sp³-hybridized carbons (Fsp3) is 0.0556. The van der Waals surface area contributed by atoms with Crippen LogP contribution in [0.25, 0.3) is 10.8 Å². The first-order valence-electron chi connectivity index (χ1n) is 7.07. The maximum atomic E-state index is 12.3. The summed E-state index contributed by atoms with van der Waals surface area (Å²) in [6, 6.07) is 19.5. The quantitative estimate of drug-likeness (QED) is 0.702. The summed E-state index contributed by atoms with van der Waals surface area (Å²) in [6.45, 7) is 0. The smallest absolute Gasteiger partial charge is 0.255 e. The number of halogens is 1. The van der Waals surface area contributed by atoms with Gasteiger partial charge in [-0.2, -0.15) is 0 Å². The SMILES string of the molecule is O=C1N[C@@H](c2cccc3ccccc23)Nc2ccc(Cl)cc21. The number of carbonyl (C=O) groups is 1. The zero-order valence-corrected chi connectivity index (χ0v) is 12.4. The van der Waals surface area contributed by atoms with E-state index >= 15 is 0 Å². The standard InChI is InChI=1S/C18H13ClN2O/c19-12-8-9-16-15(10-12)18(22)21-17(20-16)14-7-3-5-11-4-1-2-6-13(11)14/h1-10,17,20H,(H,21,22)/t17-/m0/s1. The summed E-state index contributed by atoms with van der Waals surface area (Å²) >= 11 is 5.97. The molecule has 3 nitrogen and oxygen atoms in total. The molecule has 22 heavy (non-hydrogen) atoms. The number of carbonyl (C=O) groups excluding carboxylic acids is 1. The highest BCUT2D eigenvalue weighted by molar-refractivity contribution is 6.31. The Morgan fingerprint density at radius 1 is 0.909 bits per heavy atom. The summed E-state index contributed by atoms with van der Waals surface area (Å²) in [5.74, 6) is -0.116. The summed E-state index contributed by atoms with van der Waals surface area (Å²) in [7, 11) is 0. The third kappa shape index (κ3) is 2.11. The van der Waals surface area contributed by atoms with Crippen molar-refractivity contribution in [3.8, 4) is 0 Å². The Labute approximate surface area is 132 Å². The van der Waals surface area contributed by atoms with E-state index in [1.165, 1.54) is 0 Å². The minimum absolute atomic E-state index is 0.116. The number of rotatable bonds is 1. The molecule has 3 aromatic carbocycles. The average molecular weight is 309 g/mol. The van der Waals surface area contributed by atoms with E-state index in [2.05, 4.69) is 28.8 Å². The van der Waals surface area contributed by atoms with Gasteiger partial charge in [0.1, 0.15) is 6.17 Å². The van der Waals surface area contributed by atoms with Crippen molar-refractivity contribution in [2.75, 3.05) is 5.32 Å². The van der Waals surface area contributed by atoms with E-state index in [9.17, 15) is 4.79 Å². The molecule has 4 heteroatoms. The van der Waals surface area contributed by atoms with Crippen molar-refractivity contribution >= 4 is 34.0 Å². The van der Waals surface area contributed by atoms with E-state index in [0.717, 1.165) is 22.0 Å². The normalized spacial score (nSPS) is 16.8. The highest BCUT2D eigenvalue weighted by atomic mass is 35.5. The topological polar surface area (TPSA) is 41.1 Å². The van der Waals surface area contributed by atoms with E-state index in [-0.39, 0.29) is 12.1 Å². The Morgan fingerprint density at radius 2 is 1.73 bits per heavy atom. The van der Waals surface area contributed by atoms with Crippen LogP contribution in [0.2, 0.25) is 5.02 Å². The zero-order valence-electron chi connectivity index (χ0n) is 11.6. The van der Waals surface area contributed by atoms with Crippen LogP contribution in [0, 0.1) is 0 Å². The molecule has 1 amide bonds. The Kier molecular flexibility index (Phi) is 3.01. The van der Waals surface area contributed by atoms with Crippen LogP contribution in [-0.2, 0) is 0 Å². The summed E-state index contributed by atoms with van der Waals surface area (Å²) in [6.07, 6.45) is -0.257. The minimum atomic E-state index is -0.257. The second-order valence-electron chi connectivity index (χ2n) is 5.31. The molecule has 0 fully saturated rings. The molecule has 108 valence electrons. The van der Waals surface area contributed by atoms with E-state index < -0.39 is 0 Å². The first-order chi connectivity index (χ1) is 10.7. The monoisotopic (exact) mass is 308 g/mol. The van der Waals surface area contributed by atoms with Crippen LogP contribution in [0.3, 0.4) is 0 Å². The molecule has 0 unspecified atom stereocenters. The van der Waals surface area contributed by atoms with Gasteiger partial charge in [0.25, 0.3) is 5.91 Å². The van der Waals surface area contributed by atoms with Gasteiger partial charge in [0.2, 0.25) is 0 Å². The molecule has 0 saturated heterocycles. The molecular formula is C18H13ClN2O. The van der Waals surface area contributed by atoms with Crippen LogP contribution >= 0.6 is 11.6 Å². The Hall–Kier alpha value is -2.52. The molecular weight excluding hydrogens is 296 g/mol. The van der Waals surface area contributed by atoms with Crippen LogP contribution < -0.4 is 10.6 Å². The van der Waals surface area contributed by atoms with Gasteiger partial charge in [0.05, 0.1) is 5.56 Å². The molecule has 1 atom stereocenters. The molecule has 4 rings (SSSR count). The second kappa shape index (κ2) is 5.04. The van der Waals surface area contributed by atoms with Gasteiger partial charge in [-0.3, -0.25) is 4.79 Å². The van der Waals surface area contributed by atoms with Crippen molar-refractivity contribution in [2.24, 2.45) is 0 Å². The molecule has 0 spiro atoms. The van der Waals surface area contributed by atoms with E-state index in [1.54, 1.807) is 12.1 Å². The van der Waals surface area contributed by atoms with Crippen molar-refractivity contribution in [3.63, 3.8) is 0 Å². The highest BCUT2D eigenvalue weighted by Crippen LogP contribution is 2.31. The van der Waals surface area contributed by atoms with Crippen molar-refractivity contribution in [2.45, 2.75) is 6.17 Å². The Morgan fingerprint density at radius 3 is 2.64 bits per heavy atom. The largest absolute Gasteiger partial charge is 0.361 e. The van der Waals surface area contributed by atoms with Crippen LogP contribution in [0.4, 0.5) is 5.69 Å². The first-order valence-corrected chi connectivity index (χ1v) is 7.45. The summed E-state index contributed by atoms with van der Waals surface area (Å²) < 4.78 is 0. The molecule has 0 radical (unpaired) electrons. The maximum Gasteiger partial charge on any atom is 0.255 e. The number of hydrogen-bond acceptors (Lipinski definition) is 2. The van der Waals surface area contributed by atoms with Crippen molar-refractivity contribution in [3.05, 3.63) is 76.8 Å². The fourth-order valence-electron chi connectivity index (χ4n) is 2.89. The molecule has 0 saturated carbocycles. The minimum Gasteiger partial charge on any atom is -0.361 e. The van der Waals surface area contributed by atoms with Crippen molar-refractivity contribution in [1.82, 2.24) is 5.32 Å². The van der Waals surface area contributed by atoms with Gasteiger partial charge in [-0.05, 0) is 29.0 Å². The predicted molar refractivity (Wildman–Crippen MR) is 89.2 cm³/mol. The summed E-state index contributed by atoms with van der Waals surface area (Å²) in [4.78, 5) is 12.3. The third-order valence-electron chi connectivity index (χ3n) is 3.94. The Bertz CT molecular complexity index is 886. The molecule has 1 aliphatic heterocycles. The van der Waals surface area contributed by atoms with E-state index in [0.29, 0.717) is 10.6 Å². The predicted octanol–water partition coefficient (Wildman–Crippen LogP) is 4.35. The zero-order chi connectivity index (χ0) is 15.1. The van der Waals surface area contributed by atoms with Crippen LogP contribution in [0.5, 0.6) is 0 Å². The Balaban J connectivity index is 1.81. The lowest BCUT2D eigenvalue weighted by Crippen LogP contribution is -2.38. The van der Waals surface area contributed by atoms with Gasteiger partial charge in [-0.1, -0.05) is 54.1 Å². The lowest BCUT2D eigenvalue weighted by Gasteiger charge is -2.29. The number of hydrogen-bond donors (Lipinski definition) is 2. The van der Waals surface area contributed by atoms with E-state index in [4.69, 9.17) is 11.6 Å². The van der Waals surface area contributed by atoms with Gasteiger partial charge < -0.3 is 10.6 Å². The van der Waals surface area contributed by atoms with Crippen LogP contribution in [0.15, 0.2) is 60.7 Å². The molecule has 1 heterocycles. The number of fused-ring (bicyclic) bond motifs is 2. The molecule has 3 aromatic rings. The molecule has 0 aliphatic carbocycles. The number of benzene rings is 3. The second-order valence-corrected chi connectivity index (χ2v) is 5.75. The molecule has 1 aliphatic rings. The van der Waals surface area contributed by atoms with Gasteiger partial charge in [0.15, 0.2) is 0 Å². The summed E-state index contributed by atoms with van der Waals surface area (Å²) in [5, 5.41) is 9.20. The van der Waals surface area contributed by atoms with Gasteiger partial charge in [-0.15, -0.1) is 0 Å². The first kappa shape index (κ1) is 13.2. The van der Waals surface area contributed by atoms with Gasteiger partial charge in [0, 0.05) is 16.3 Å². The van der Waals surface area contributed by atoms with Crippen LogP contribution in [0.1, 0.15) is 22.1 Å². The lowest BCUT2D eigenvalue weighted by molar-refractivity contribution is 0.0936. The average Bonchev–Trinajstić information content (AvgIpc) is 2.55. The van der Waals surface area contributed by atoms with Crippen LogP contribution in [-0.4, -0.2) is 5.91 Å². The molecule has 0 aromatic heterocycles. The molecule has 2 N–H and O–H groups in total. The van der Waals surface area contributed by atoms with Gasteiger partial charge in [-0.25, -0.2) is 0 Å². The number of nitrogens with one attached hydrogen (secondary N) is 2. The number of amides is 1. The molecule has 0 bridgehead atoms. The van der Waals surface area contributed by atoms with Crippen molar-refractivity contribution in [1.29, 1.82) is 0 Å².